The van der Waals surface area contributed by atoms with Gasteiger partial charge in [-0.3, -0.25) is 14.5 Å². The quantitative estimate of drug-likeness (QED) is 0.818. The molecule has 0 unspecified atom stereocenters. The second-order valence-electron chi connectivity index (χ2n) is 6.49. The van der Waals surface area contributed by atoms with Crippen molar-refractivity contribution in [2.24, 2.45) is 0 Å². The number of carbonyl (C=O) groups is 2. The van der Waals surface area contributed by atoms with Crippen LogP contribution in [0.1, 0.15) is 37.2 Å². The Morgan fingerprint density at radius 1 is 0.920 bits per heavy atom. The van der Waals surface area contributed by atoms with E-state index in [1.54, 1.807) is 18.2 Å². The van der Waals surface area contributed by atoms with E-state index < -0.39 is 5.82 Å². The van der Waals surface area contributed by atoms with Crippen LogP contribution in [0.3, 0.4) is 0 Å². The first kappa shape index (κ1) is 15.8. The van der Waals surface area contributed by atoms with Crippen LogP contribution in [0.15, 0.2) is 65.9 Å². The molecule has 1 amide bonds. The first-order valence-electron chi connectivity index (χ1n) is 8.55. The van der Waals surface area contributed by atoms with Crippen molar-refractivity contribution in [2.45, 2.75) is 31.6 Å². The predicted octanol–water partition coefficient (Wildman–Crippen LogP) is 4.35. The van der Waals surface area contributed by atoms with Gasteiger partial charge in [0, 0.05) is 30.0 Å². The number of carbonyl (C=O) groups excluding carboxylic acids is 2. The Hall–Kier alpha value is -2.75. The highest BCUT2D eigenvalue weighted by Gasteiger charge is 2.40. The third-order valence-corrected chi connectivity index (χ3v) is 4.97. The molecule has 2 aromatic rings. The highest BCUT2D eigenvalue weighted by Crippen LogP contribution is 2.43. The van der Waals surface area contributed by atoms with E-state index in [-0.39, 0.29) is 29.7 Å². The predicted molar refractivity (Wildman–Crippen MR) is 93.6 cm³/mol. The Balaban J connectivity index is 1.89. The van der Waals surface area contributed by atoms with Gasteiger partial charge in [0.2, 0.25) is 5.91 Å². The zero-order valence-corrected chi connectivity index (χ0v) is 13.7. The highest BCUT2D eigenvalue weighted by atomic mass is 19.1. The molecule has 1 aliphatic heterocycles. The number of hydrogen-bond acceptors (Lipinski definition) is 2. The molecule has 0 saturated heterocycles. The molecule has 0 spiro atoms. The highest BCUT2D eigenvalue weighted by molar-refractivity contribution is 6.07. The molecule has 0 bridgehead atoms. The molecular weight excluding hydrogens is 317 g/mol. The number of rotatable bonds is 2. The van der Waals surface area contributed by atoms with Gasteiger partial charge in [-0.25, -0.2) is 4.39 Å². The topological polar surface area (TPSA) is 37.4 Å². The summed E-state index contributed by atoms with van der Waals surface area (Å²) in [4.78, 5) is 27.0. The maximum atomic E-state index is 14.3. The molecule has 0 fully saturated rings. The van der Waals surface area contributed by atoms with Crippen molar-refractivity contribution >= 4 is 17.4 Å². The zero-order valence-electron chi connectivity index (χ0n) is 13.7. The minimum atomic E-state index is -0.445. The fourth-order valence-electron chi connectivity index (χ4n) is 3.88. The molecule has 2 aromatic carbocycles. The lowest BCUT2D eigenvalue weighted by Gasteiger charge is -2.38. The molecule has 4 heteroatoms. The molecule has 2 aliphatic rings. The Bertz CT molecular complexity index is 872. The lowest BCUT2D eigenvalue weighted by molar-refractivity contribution is -0.120. The van der Waals surface area contributed by atoms with Crippen LogP contribution in [-0.2, 0) is 9.59 Å². The molecule has 0 N–H and O–H groups in total. The molecule has 25 heavy (non-hydrogen) atoms. The maximum absolute atomic E-state index is 14.3. The van der Waals surface area contributed by atoms with Crippen molar-refractivity contribution in [3.8, 4) is 0 Å². The number of halogens is 1. The van der Waals surface area contributed by atoms with Crippen LogP contribution < -0.4 is 4.90 Å². The first-order valence-corrected chi connectivity index (χ1v) is 8.55. The van der Waals surface area contributed by atoms with Crippen LogP contribution >= 0.6 is 0 Å². The van der Waals surface area contributed by atoms with Gasteiger partial charge in [-0.1, -0.05) is 42.5 Å². The minimum absolute atomic E-state index is 0.0731. The van der Waals surface area contributed by atoms with E-state index in [4.69, 9.17) is 0 Å². The number of allylic oxidation sites excluding steroid dienone is 2. The summed E-state index contributed by atoms with van der Waals surface area (Å²) in [5, 5.41) is 0. The van der Waals surface area contributed by atoms with E-state index >= 15 is 0 Å². The third kappa shape index (κ3) is 2.68. The smallest absolute Gasteiger partial charge is 0.232 e. The average molecular weight is 335 g/mol. The van der Waals surface area contributed by atoms with Gasteiger partial charge in [0.1, 0.15) is 5.82 Å². The number of para-hydroxylation sites is 1. The number of Topliss-reactive ketones (excluding diaryl/α,β-unsaturated/α-hetero) is 1. The van der Waals surface area contributed by atoms with E-state index in [1.165, 1.54) is 11.0 Å². The largest absolute Gasteiger partial charge is 0.294 e. The third-order valence-electron chi connectivity index (χ3n) is 4.97. The van der Waals surface area contributed by atoms with Gasteiger partial charge in [0.05, 0.1) is 5.69 Å². The molecule has 0 aromatic heterocycles. The Labute approximate surface area is 145 Å². The fraction of sp³-hybridized carbons (Fsp3) is 0.238. The molecule has 1 atom stereocenters. The lowest BCUT2D eigenvalue weighted by atomic mass is 9.77. The first-order chi connectivity index (χ1) is 12.2. The maximum Gasteiger partial charge on any atom is 0.232 e. The van der Waals surface area contributed by atoms with Crippen molar-refractivity contribution in [1.82, 2.24) is 0 Å². The standard InChI is InChI=1S/C21H18FNO2/c22-16-9-4-5-10-17(16)23-18-11-6-12-19(24)21(18)15(13-20(23)25)14-7-2-1-3-8-14/h1-5,7-10,15H,6,11-13H2/t15-/m1/s1. The van der Waals surface area contributed by atoms with E-state index in [0.717, 1.165) is 5.56 Å². The monoisotopic (exact) mass is 335 g/mol. The Kier molecular flexibility index (Phi) is 3.96. The zero-order chi connectivity index (χ0) is 17.4. The summed E-state index contributed by atoms with van der Waals surface area (Å²) >= 11 is 0. The summed E-state index contributed by atoms with van der Waals surface area (Å²) in [6.07, 6.45) is 1.98. The van der Waals surface area contributed by atoms with Crippen LogP contribution in [0.25, 0.3) is 0 Å². The van der Waals surface area contributed by atoms with Crippen molar-refractivity contribution in [1.29, 1.82) is 0 Å². The van der Waals surface area contributed by atoms with Crippen LogP contribution in [0.5, 0.6) is 0 Å². The van der Waals surface area contributed by atoms with E-state index in [9.17, 15) is 14.0 Å². The molecule has 3 nitrogen and oxygen atoms in total. The second-order valence-corrected chi connectivity index (χ2v) is 6.49. The molecular formula is C21H18FNO2. The van der Waals surface area contributed by atoms with Gasteiger partial charge in [0.25, 0.3) is 0 Å². The van der Waals surface area contributed by atoms with Gasteiger partial charge >= 0.3 is 0 Å². The van der Waals surface area contributed by atoms with Crippen molar-refractivity contribution < 1.29 is 14.0 Å². The molecule has 4 rings (SSSR count). The van der Waals surface area contributed by atoms with Crippen LogP contribution in [0.4, 0.5) is 10.1 Å². The van der Waals surface area contributed by atoms with E-state index in [2.05, 4.69) is 0 Å². The normalized spacial score (nSPS) is 20.7. The van der Waals surface area contributed by atoms with Gasteiger partial charge in [-0.2, -0.15) is 0 Å². The second kappa shape index (κ2) is 6.28. The average Bonchev–Trinajstić information content (AvgIpc) is 2.63. The van der Waals surface area contributed by atoms with Crippen molar-refractivity contribution in [2.75, 3.05) is 4.90 Å². The van der Waals surface area contributed by atoms with Crippen molar-refractivity contribution in [3.63, 3.8) is 0 Å². The minimum Gasteiger partial charge on any atom is -0.294 e. The Morgan fingerprint density at radius 2 is 1.64 bits per heavy atom. The summed E-state index contributed by atoms with van der Waals surface area (Å²) in [5.74, 6) is -0.769. The number of amides is 1. The van der Waals surface area contributed by atoms with Gasteiger partial charge in [-0.15, -0.1) is 0 Å². The number of hydrogen-bond donors (Lipinski definition) is 0. The molecule has 0 radical (unpaired) electrons. The SMILES string of the molecule is O=C1CCCC2=C1[C@@H](c1ccccc1)CC(=O)N2c1ccccc1F. The fourth-order valence-corrected chi connectivity index (χ4v) is 3.88. The summed E-state index contributed by atoms with van der Waals surface area (Å²) in [7, 11) is 0. The lowest BCUT2D eigenvalue weighted by Crippen LogP contribution is -2.41. The number of anilines is 1. The number of ketones is 1. The number of benzene rings is 2. The molecule has 0 saturated carbocycles. The van der Waals surface area contributed by atoms with Crippen LogP contribution in [-0.4, -0.2) is 11.7 Å². The summed E-state index contributed by atoms with van der Waals surface area (Å²) in [5.41, 5.74) is 2.56. The van der Waals surface area contributed by atoms with E-state index in [1.807, 2.05) is 30.3 Å². The summed E-state index contributed by atoms with van der Waals surface area (Å²) < 4.78 is 14.3. The van der Waals surface area contributed by atoms with E-state index in [0.29, 0.717) is 30.5 Å². The van der Waals surface area contributed by atoms with Gasteiger partial charge in [-0.05, 0) is 30.5 Å². The van der Waals surface area contributed by atoms with Crippen LogP contribution in [0, 0.1) is 5.82 Å². The van der Waals surface area contributed by atoms with Crippen LogP contribution in [0.2, 0.25) is 0 Å². The number of nitrogens with zero attached hydrogens (tertiary/aromatic N) is 1. The molecule has 1 heterocycles. The molecule has 1 aliphatic carbocycles. The molecule has 126 valence electrons. The summed E-state index contributed by atoms with van der Waals surface area (Å²) in [6, 6.07) is 15.9. The summed E-state index contributed by atoms with van der Waals surface area (Å²) in [6.45, 7) is 0. The van der Waals surface area contributed by atoms with Gasteiger partial charge in [0.15, 0.2) is 5.78 Å². The Morgan fingerprint density at radius 3 is 2.40 bits per heavy atom. The van der Waals surface area contributed by atoms with Crippen molar-refractivity contribution in [3.05, 3.63) is 77.2 Å². The van der Waals surface area contributed by atoms with Gasteiger partial charge < -0.3 is 0 Å².